The van der Waals surface area contributed by atoms with Crippen molar-refractivity contribution in [1.82, 2.24) is 4.90 Å². The molecule has 122 valence electrons. The predicted molar refractivity (Wildman–Crippen MR) is 82.3 cm³/mol. The number of hydrogen-bond acceptors (Lipinski definition) is 4. The summed E-state index contributed by atoms with van der Waals surface area (Å²) >= 11 is 0. The van der Waals surface area contributed by atoms with Gasteiger partial charge >= 0.3 is 6.09 Å². The third kappa shape index (κ3) is 6.46. The molecule has 2 N–H and O–H groups in total. The average molecular weight is 298 g/mol. The number of imide groups is 1. The summed E-state index contributed by atoms with van der Waals surface area (Å²) in [4.78, 5) is 29.7. The fourth-order valence-electron chi connectivity index (χ4n) is 2.98. The molecule has 0 radical (unpaired) electrons. The fraction of sp³-hybridized carbons (Fsp3) is 0.875. The van der Waals surface area contributed by atoms with E-state index in [-0.39, 0.29) is 11.8 Å². The summed E-state index contributed by atoms with van der Waals surface area (Å²) in [6, 6.07) is 0. The molecule has 1 aliphatic carbocycles. The van der Waals surface area contributed by atoms with Crippen molar-refractivity contribution in [3.8, 4) is 0 Å². The highest BCUT2D eigenvalue weighted by molar-refractivity contribution is 5.93. The number of carbonyl (C=O) groups is 2. The number of unbranched alkanes of at least 4 members (excludes halogenated alkanes) is 5. The van der Waals surface area contributed by atoms with Gasteiger partial charge in [0.1, 0.15) is 0 Å². The number of carbonyl (C=O) groups excluding carboxylic acids is 2. The molecule has 0 atom stereocenters. The van der Waals surface area contributed by atoms with Crippen molar-refractivity contribution in [3.63, 3.8) is 0 Å². The molecule has 1 fully saturated rings. The third-order valence-corrected chi connectivity index (χ3v) is 4.28. The molecule has 0 unspecified atom stereocenters. The predicted octanol–water partition coefficient (Wildman–Crippen LogP) is 3.77. The van der Waals surface area contributed by atoms with Crippen LogP contribution in [0.1, 0.15) is 77.6 Å². The molecule has 21 heavy (non-hydrogen) atoms. The molecular formula is C16H30N2O3. The Morgan fingerprint density at radius 3 is 2.29 bits per heavy atom. The van der Waals surface area contributed by atoms with E-state index in [0.717, 1.165) is 44.9 Å². The van der Waals surface area contributed by atoms with Gasteiger partial charge in [-0.15, -0.1) is 0 Å². The standard InChI is InChI=1S/C16H30N2O3/c1-2-3-4-5-6-10-13-18(16(20)21-17)15(19)14-11-8-7-9-12-14/h14H,2-13,17H2,1H3. The lowest BCUT2D eigenvalue weighted by Gasteiger charge is -2.26. The molecule has 0 aromatic carbocycles. The molecule has 1 aliphatic rings. The van der Waals surface area contributed by atoms with E-state index in [1.807, 2.05) is 0 Å². The largest absolute Gasteiger partial charge is 0.435 e. The van der Waals surface area contributed by atoms with E-state index in [2.05, 4.69) is 11.8 Å². The van der Waals surface area contributed by atoms with Crippen LogP contribution < -0.4 is 5.90 Å². The van der Waals surface area contributed by atoms with Crippen LogP contribution in [0, 0.1) is 5.92 Å². The highest BCUT2D eigenvalue weighted by atomic mass is 16.7. The minimum absolute atomic E-state index is 0.0297. The van der Waals surface area contributed by atoms with Crippen molar-refractivity contribution >= 4 is 12.0 Å². The molecule has 0 saturated heterocycles. The van der Waals surface area contributed by atoms with Crippen LogP contribution in [0.3, 0.4) is 0 Å². The third-order valence-electron chi connectivity index (χ3n) is 4.28. The zero-order chi connectivity index (χ0) is 15.5. The number of nitrogens with two attached hydrogens (primary N) is 1. The van der Waals surface area contributed by atoms with Crippen LogP contribution >= 0.6 is 0 Å². The monoisotopic (exact) mass is 298 g/mol. The van der Waals surface area contributed by atoms with E-state index < -0.39 is 6.09 Å². The average Bonchev–Trinajstić information content (AvgIpc) is 2.54. The fourth-order valence-corrected chi connectivity index (χ4v) is 2.98. The van der Waals surface area contributed by atoms with Gasteiger partial charge in [0.25, 0.3) is 0 Å². The molecule has 1 rings (SSSR count). The maximum Gasteiger partial charge on any atom is 0.435 e. The summed E-state index contributed by atoms with van der Waals surface area (Å²) in [7, 11) is 0. The second kappa shape index (κ2) is 10.6. The Hall–Kier alpha value is -1.10. The van der Waals surface area contributed by atoms with Crippen LogP contribution in [-0.2, 0) is 9.63 Å². The lowest BCUT2D eigenvalue weighted by atomic mass is 9.88. The maximum atomic E-state index is 12.4. The van der Waals surface area contributed by atoms with Gasteiger partial charge in [-0.2, -0.15) is 5.90 Å². The van der Waals surface area contributed by atoms with Gasteiger partial charge in [0.15, 0.2) is 0 Å². The second-order valence-corrected chi connectivity index (χ2v) is 5.98. The molecule has 0 bridgehead atoms. The van der Waals surface area contributed by atoms with Gasteiger partial charge in [0.05, 0.1) is 0 Å². The Balaban J connectivity index is 2.39. The van der Waals surface area contributed by atoms with Crippen molar-refractivity contribution in [3.05, 3.63) is 0 Å². The van der Waals surface area contributed by atoms with E-state index >= 15 is 0 Å². The topological polar surface area (TPSA) is 72.6 Å². The number of amides is 2. The molecule has 0 aromatic heterocycles. The maximum absolute atomic E-state index is 12.4. The van der Waals surface area contributed by atoms with Crippen molar-refractivity contribution in [1.29, 1.82) is 0 Å². The quantitative estimate of drug-likeness (QED) is 0.547. The van der Waals surface area contributed by atoms with E-state index in [1.165, 1.54) is 30.6 Å². The van der Waals surface area contributed by atoms with Crippen LogP contribution in [-0.4, -0.2) is 23.4 Å². The van der Waals surface area contributed by atoms with E-state index in [9.17, 15) is 9.59 Å². The summed E-state index contributed by atoms with van der Waals surface area (Å²) in [5.74, 6) is 4.84. The summed E-state index contributed by atoms with van der Waals surface area (Å²) < 4.78 is 0. The molecular weight excluding hydrogens is 268 g/mol. The minimum atomic E-state index is -0.709. The molecule has 0 heterocycles. The van der Waals surface area contributed by atoms with Crippen molar-refractivity contribution in [2.24, 2.45) is 11.8 Å². The molecule has 2 amide bonds. The molecule has 1 saturated carbocycles. The van der Waals surface area contributed by atoms with Crippen LogP contribution in [0.4, 0.5) is 4.79 Å². The first-order valence-corrected chi connectivity index (χ1v) is 8.42. The van der Waals surface area contributed by atoms with E-state index in [4.69, 9.17) is 5.90 Å². The number of rotatable bonds is 8. The number of nitrogens with zero attached hydrogens (tertiary/aromatic N) is 1. The molecule has 0 aromatic rings. The molecule has 0 spiro atoms. The SMILES string of the molecule is CCCCCCCCN(C(=O)ON)C(=O)C1CCCCC1. The van der Waals surface area contributed by atoms with Gasteiger partial charge in [-0.25, -0.2) is 9.69 Å². The van der Waals surface area contributed by atoms with Gasteiger partial charge < -0.3 is 4.84 Å². The normalized spacial score (nSPS) is 15.7. The van der Waals surface area contributed by atoms with Gasteiger partial charge in [0.2, 0.25) is 5.91 Å². The van der Waals surface area contributed by atoms with Gasteiger partial charge in [0, 0.05) is 12.5 Å². The van der Waals surface area contributed by atoms with Crippen molar-refractivity contribution in [2.45, 2.75) is 77.6 Å². The van der Waals surface area contributed by atoms with Crippen LogP contribution in [0.25, 0.3) is 0 Å². The summed E-state index contributed by atoms with van der Waals surface area (Å²) in [5, 5.41) is 0. The first-order valence-electron chi connectivity index (χ1n) is 8.42. The van der Waals surface area contributed by atoms with Crippen molar-refractivity contribution < 1.29 is 14.4 Å². The van der Waals surface area contributed by atoms with Crippen LogP contribution in [0.2, 0.25) is 0 Å². The second-order valence-electron chi connectivity index (χ2n) is 5.98. The molecule has 0 aliphatic heterocycles. The first-order chi connectivity index (χ1) is 10.2. The summed E-state index contributed by atoms with van der Waals surface area (Å²) in [6.07, 6.45) is 11.1. The lowest BCUT2D eigenvalue weighted by molar-refractivity contribution is -0.134. The first kappa shape index (κ1) is 18.0. The lowest BCUT2D eigenvalue weighted by Crippen LogP contribution is -2.43. The van der Waals surface area contributed by atoms with Gasteiger partial charge in [-0.1, -0.05) is 58.3 Å². The summed E-state index contributed by atoms with van der Waals surface area (Å²) in [6.45, 7) is 2.61. The summed E-state index contributed by atoms with van der Waals surface area (Å²) in [5.41, 5.74) is 0. The highest BCUT2D eigenvalue weighted by Crippen LogP contribution is 2.25. The minimum Gasteiger partial charge on any atom is -0.356 e. The van der Waals surface area contributed by atoms with Gasteiger partial charge in [-0.3, -0.25) is 4.79 Å². The smallest absolute Gasteiger partial charge is 0.356 e. The molecule has 5 nitrogen and oxygen atoms in total. The van der Waals surface area contributed by atoms with E-state index in [0.29, 0.717) is 6.54 Å². The highest BCUT2D eigenvalue weighted by Gasteiger charge is 2.30. The van der Waals surface area contributed by atoms with Crippen molar-refractivity contribution in [2.75, 3.05) is 6.54 Å². The van der Waals surface area contributed by atoms with Crippen LogP contribution in [0.15, 0.2) is 0 Å². The Labute approximate surface area is 128 Å². The number of hydrogen-bond donors (Lipinski definition) is 1. The van der Waals surface area contributed by atoms with E-state index in [1.54, 1.807) is 0 Å². The van der Waals surface area contributed by atoms with Crippen LogP contribution in [0.5, 0.6) is 0 Å². The molecule has 5 heteroatoms. The van der Waals surface area contributed by atoms with Gasteiger partial charge in [-0.05, 0) is 19.3 Å². The zero-order valence-electron chi connectivity index (χ0n) is 13.3. The Bertz CT molecular complexity index is 315. The Morgan fingerprint density at radius 1 is 1.05 bits per heavy atom. The Morgan fingerprint density at radius 2 is 1.67 bits per heavy atom. The zero-order valence-corrected chi connectivity index (χ0v) is 13.3. The Kier molecular flexibility index (Phi) is 9.06.